The molecule has 2 aromatic rings. The molecule has 0 atom stereocenters. The smallest absolute Gasteiger partial charge is 0.374 e. The zero-order valence-electron chi connectivity index (χ0n) is 11.2. The zero-order chi connectivity index (χ0) is 14.4. The van der Waals surface area contributed by atoms with Crippen LogP contribution in [0.2, 0.25) is 0 Å². The molecule has 4 nitrogen and oxygen atoms in total. The molecule has 0 saturated heterocycles. The molecule has 0 aliphatic rings. The van der Waals surface area contributed by atoms with E-state index >= 15 is 0 Å². The normalized spacial score (nSPS) is 10.5. The highest BCUT2D eigenvalue weighted by molar-refractivity contribution is 5.87. The van der Waals surface area contributed by atoms with Crippen LogP contribution < -0.4 is 5.32 Å². The summed E-state index contributed by atoms with van der Waals surface area (Å²) in [4.78, 5) is 11.4. The minimum atomic E-state index is -0.499. The largest absolute Gasteiger partial charge is 0.463 e. The van der Waals surface area contributed by atoms with Crippen molar-refractivity contribution >= 4 is 5.97 Å². The predicted molar refractivity (Wildman–Crippen MR) is 71.9 cm³/mol. The van der Waals surface area contributed by atoms with E-state index in [2.05, 4.69) is 10.1 Å². The number of hydrogen-bond donors (Lipinski definition) is 1. The second kappa shape index (κ2) is 6.86. The highest BCUT2D eigenvalue weighted by Crippen LogP contribution is 2.11. The maximum absolute atomic E-state index is 13.4. The minimum absolute atomic E-state index is 0.200. The number of furan rings is 1. The molecule has 5 heteroatoms. The Morgan fingerprint density at radius 2 is 2.10 bits per heavy atom. The lowest BCUT2D eigenvalue weighted by Crippen LogP contribution is -2.18. The minimum Gasteiger partial charge on any atom is -0.463 e. The molecular formula is C15H16FNO3. The quantitative estimate of drug-likeness (QED) is 0.651. The Morgan fingerprint density at radius 3 is 2.85 bits per heavy atom. The van der Waals surface area contributed by atoms with Crippen molar-refractivity contribution in [3.05, 3.63) is 59.3 Å². The van der Waals surface area contributed by atoms with Gasteiger partial charge in [0.05, 0.1) is 13.4 Å². The van der Waals surface area contributed by atoms with Crippen molar-refractivity contribution in [3.63, 3.8) is 0 Å². The first-order chi connectivity index (χ1) is 9.72. The fourth-order valence-electron chi connectivity index (χ4n) is 1.89. The lowest BCUT2D eigenvalue weighted by Gasteiger charge is -2.05. The highest BCUT2D eigenvalue weighted by Gasteiger charge is 2.15. The number of esters is 1. The van der Waals surface area contributed by atoms with Crippen LogP contribution in [0.25, 0.3) is 0 Å². The Balaban J connectivity index is 1.84. The summed E-state index contributed by atoms with van der Waals surface area (Å²) in [5.41, 5.74) is 1.39. The van der Waals surface area contributed by atoms with Crippen LogP contribution in [-0.2, 0) is 17.7 Å². The molecule has 0 amide bonds. The average Bonchev–Trinajstić information content (AvgIpc) is 2.93. The van der Waals surface area contributed by atoms with Gasteiger partial charge in [0.1, 0.15) is 5.82 Å². The number of nitrogens with one attached hydrogen (secondary N) is 1. The lowest BCUT2D eigenvalue weighted by atomic mass is 10.1. The number of carbonyl (C=O) groups is 1. The molecule has 0 saturated carbocycles. The van der Waals surface area contributed by atoms with Gasteiger partial charge in [0.15, 0.2) is 0 Å². The number of rotatable bonds is 6. The van der Waals surface area contributed by atoms with E-state index in [0.29, 0.717) is 25.1 Å². The van der Waals surface area contributed by atoms with Crippen molar-refractivity contribution in [2.24, 2.45) is 0 Å². The van der Waals surface area contributed by atoms with E-state index in [4.69, 9.17) is 4.42 Å². The summed E-state index contributed by atoms with van der Waals surface area (Å²) >= 11 is 0. The van der Waals surface area contributed by atoms with Gasteiger partial charge in [-0.25, -0.2) is 9.18 Å². The number of carbonyl (C=O) groups excluding carboxylic acids is 1. The molecule has 1 heterocycles. The molecular weight excluding hydrogens is 261 g/mol. The third kappa shape index (κ3) is 3.45. The van der Waals surface area contributed by atoms with Crippen molar-refractivity contribution in [2.45, 2.75) is 13.0 Å². The Bertz CT molecular complexity index is 580. The van der Waals surface area contributed by atoms with Gasteiger partial charge in [0, 0.05) is 12.1 Å². The summed E-state index contributed by atoms with van der Waals surface area (Å²) in [7, 11) is 1.31. The third-order valence-corrected chi connectivity index (χ3v) is 2.96. The van der Waals surface area contributed by atoms with Crippen molar-refractivity contribution < 1.29 is 18.3 Å². The molecule has 2 rings (SSSR count). The second-order valence-electron chi connectivity index (χ2n) is 4.28. The van der Waals surface area contributed by atoms with Crippen molar-refractivity contribution in [1.82, 2.24) is 5.32 Å². The fourth-order valence-corrected chi connectivity index (χ4v) is 1.89. The van der Waals surface area contributed by atoms with Gasteiger partial charge >= 0.3 is 5.97 Å². The average molecular weight is 277 g/mol. The molecule has 0 aliphatic carbocycles. The summed E-state index contributed by atoms with van der Waals surface area (Å²) in [6.07, 6.45) is 2.03. The number of halogens is 1. The molecule has 106 valence electrons. The van der Waals surface area contributed by atoms with Gasteiger partial charge in [-0.1, -0.05) is 18.2 Å². The molecule has 0 radical (unpaired) electrons. The molecule has 0 unspecified atom stereocenters. The van der Waals surface area contributed by atoms with E-state index in [9.17, 15) is 9.18 Å². The third-order valence-electron chi connectivity index (χ3n) is 2.96. The topological polar surface area (TPSA) is 51.5 Å². The number of benzene rings is 1. The Labute approximate surface area is 116 Å². The summed E-state index contributed by atoms with van der Waals surface area (Å²) in [6.45, 7) is 1.07. The Morgan fingerprint density at radius 1 is 1.30 bits per heavy atom. The van der Waals surface area contributed by atoms with Gasteiger partial charge < -0.3 is 14.5 Å². The van der Waals surface area contributed by atoms with Crippen LogP contribution in [0.5, 0.6) is 0 Å². The molecule has 1 N–H and O–H groups in total. The summed E-state index contributed by atoms with van der Waals surface area (Å²) in [5, 5.41) is 3.15. The van der Waals surface area contributed by atoms with E-state index in [1.165, 1.54) is 19.4 Å². The van der Waals surface area contributed by atoms with Crippen LogP contribution in [0.4, 0.5) is 4.39 Å². The first-order valence-corrected chi connectivity index (χ1v) is 6.31. The van der Waals surface area contributed by atoms with Gasteiger partial charge in [-0.05, 0) is 30.7 Å². The summed E-state index contributed by atoms with van der Waals surface area (Å²) < 4.78 is 23.1. The molecule has 0 spiro atoms. The van der Waals surface area contributed by atoms with Crippen LogP contribution in [0.3, 0.4) is 0 Å². The molecule has 0 bridgehead atoms. The van der Waals surface area contributed by atoms with Crippen LogP contribution in [0.1, 0.15) is 21.7 Å². The van der Waals surface area contributed by atoms with Crippen molar-refractivity contribution in [1.29, 1.82) is 0 Å². The molecule has 1 aromatic heterocycles. The maximum atomic E-state index is 13.4. The molecule has 0 fully saturated rings. The van der Waals surface area contributed by atoms with Gasteiger partial charge in [0.25, 0.3) is 0 Å². The fraction of sp³-hybridized carbons (Fsp3) is 0.267. The standard InChI is InChI=1S/C15H16FNO3/c1-19-15(18)14-12(7-9-20-14)10-17-8-6-11-4-2-3-5-13(11)16/h2-5,7,9,17H,6,8,10H2,1H3. The Kier molecular flexibility index (Phi) is 4.90. The van der Waals surface area contributed by atoms with Crippen LogP contribution in [0, 0.1) is 5.82 Å². The monoisotopic (exact) mass is 277 g/mol. The SMILES string of the molecule is COC(=O)c1occc1CNCCc1ccccc1F. The Hall–Kier alpha value is -2.14. The summed E-state index contributed by atoms with van der Waals surface area (Å²) in [6, 6.07) is 8.39. The van der Waals surface area contributed by atoms with E-state index < -0.39 is 5.97 Å². The maximum Gasteiger partial charge on any atom is 0.374 e. The number of ether oxygens (including phenoxy) is 1. The predicted octanol–water partition coefficient (Wildman–Crippen LogP) is 2.54. The van der Waals surface area contributed by atoms with Gasteiger partial charge in [-0.3, -0.25) is 0 Å². The van der Waals surface area contributed by atoms with E-state index in [1.807, 2.05) is 6.07 Å². The van der Waals surface area contributed by atoms with Gasteiger partial charge in [-0.2, -0.15) is 0 Å². The zero-order valence-corrected chi connectivity index (χ0v) is 11.2. The van der Waals surface area contributed by atoms with Gasteiger partial charge in [-0.15, -0.1) is 0 Å². The molecule has 0 aliphatic heterocycles. The van der Waals surface area contributed by atoms with Crippen LogP contribution >= 0.6 is 0 Å². The number of methoxy groups -OCH3 is 1. The van der Waals surface area contributed by atoms with Crippen LogP contribution in [0.15, 0.2) is 41.0 Å². The van der Waals surface area contributed by atoms with Crippen molar-refractivity contribution in [3.8, 4) is 0 Å². The van der Waals surface area contributed by atoms with Crippen molar-refractivity contribution in [2.75, 3.05) is 13.7 Å². The molecule has 20 heavy (non-hydrogen) atoms. The summed E-state index contributed by atoms with van der Waals surface area (Å²) in [5.74, 6) is -0.500. The van der Waals surface area contributed by atoms with E-state index in [1.54, 1.807) is 18.2 Å². The lowest BCUT2D eigenvalue weighted by molar-refractivity contribution is 0.0563. The van der Waals surface area contributed by atoms with Crippen LogP contribution in [-0.4, -0.2) is 19.6 Å². The second-order valence-corrected chi connectivity index (χ2v) is 4.28. The van der Waals surface area contributed by atoms with E-state index in [0.717, 1.165) is 5.56 Å². The number of hydrogen-bond acceptors (Lipinski definition) is 4. The highest BCUT2D eigenvalue weighted by atomic mass is 19.1. The van der Waals surface area contributed by atoms with E-state index in [-0.39, 0.29) is 11.6 Å². The first kappa shape index (κ1) is 14.3. The molecule has 1 aromatic carbocycles. The van der Waals surface area contributed by atoms with Gasteiger partial charge in [0.2, 0.25) is 5.76 Å². The first-order valence-electron chi connectivity index (χ1n) is 6.31.